The van der Waals surface area contributed by atoms with E-state index in [2.05, 4.69) is 15.6 Å². The van der Waals surface area contributed by atoms with Crippen molar-refractivity contribution in [2.45, 2.75) is 24.4 Å². The van der Waals surface area contributed by atoms with E-state index in [4.69, 9.17) is 4.74 Å². The topological polar surface area (TPSA) is 85.2 Å². The number of imidazole rings is 1. The molecule has 0 aliphatic carbocycles. The third-order valence-corrected chi connectivity index (χ3v) is 5.10. The monoisotopic (exact) mass is 412 g/mol. The van der Waals surface area contributed by atoms with Crippen molar-refractivity contribution in [3.63, 3.8) is 0 Å². The first kappa shape index (κ1) is 20.9. The van der Waals surface area contributed by atoms with E-state index in [-0.39, 0.29) is 31.0 Å². The van der Waals surface area contributed by atoms with Gasteiger partial charge < -0.3 is 19.9 Å². The van der Waals surface area contributed by atoms with E-state index in [1.807, 2.05) is 66.3 Å². The van der Waals surface area contributed by atoms with Crippen molar-refractivity contribution in [2.75, 3.05) is 25.3 Å². The number of benzene rings is 2. The van der Waals surface area contributed by atoms with Gasteiger partial charge in [0.2, 0.25) is 11.8 Å². The Hall–Kier alpha value is -2.84. The lowest BCUT2D eigenvalue weighted by Crippen LogP contribution is -2.32. The molecular formula is C21H24N4O3S. The van der Waals surface area contributed by atoms with Crippen LogP contribution in [0.25, 0.3) is 11.0 Å². The van der Waals surface area contributed by atoms with Crippen molar-refractivity contribution < 1.29 is 14.3 Å². The van der Waals surface area contributed by atoms with Crippen molar-refractivity contribution in [1.29, 1.82) is 0 Å². The molecule has 2 amide bonds. The van der Waals surface area contributed by atoms with Gasteiger partial charge in [0, 0.05) is 17.7 Å². The van der Waals surface area contributed by atoms with E-state index in [1.165, 1.54) is 7.11 Å². The Balaban J connectivity index is 1.84. The van der Waals surface area contributed by atoms with Crippen LogP contribution in [0.3, 0.4) is 0 Å². The van der Waals surface area contributed by atoms with Crippen LogP contribution in [0.15, 0.2) is 53.4 Å². The molecule has 0 radical (unpaired) electrons. The van der Waals surface area contributed by atoms with Crippen molar-refractivity contribution >= 4 is 40.3 Å². The summed E-state index contributed by atoms with van der Waals surface area (Å²) < 4.78 is 6.71. The molecule has 3 rings (SSSR count). The molecule has 1 atom stereocenters. The summed E-state index contributed by atoms with van der Waals surface area (Å²) in [7, 11) is 1.47. The molecule has 2 aromatic carbocycles. The maximum Gasteiger partial charge on any atom is 0.246 e. The van der Waals surface area contributed by atoms with Gasteiger partial charge in [-0.15, -0.1) is 11.8 Å². The van der Waals surface area contributed by atoms with Gasteiger partial charge in [-0.05, 0) is 43.5 Å². The van der Waals surface area contributed by atoms with Gasteiger partial charge in [0.25, 0.3) is 0 Å². The standard InChI is InChI=1S/C21H24N4O3S/c1-14(22-20(27)13-28-2)21-24-17-9-4-5-10-18(17)25(21)12-19(26)23-15-7-6-8-16(11-15)29-3/h4-11,14H,12-13H2,1-3H3,(H,22,27)(H,23,26). The molecule has 0 spiro atoms. The average molecular weight is 413 g/mol. The zero-order chi connectivity index (χ0) is 20.8. The summed E-state index contributed by atoms with van der Waals surface area (Å²) in [6.45, 7) is 1.89. The van der Waals surface area contributed by atoms with Crippen molar-refractivity contribution in [3.05, 3.63) is 54.4 Å². The molecule has 2 N–H and O–H groups in total. The van der Waals surface area contributed by atoms with E-state index in [0.29, 0.717) is 5.82 Å². The molecule has 0 fully saturated rings. The Labute approximate surface area is 173 Å². The number of nitrogens with zero attached hydrogens (tertiary/aromatic N) is 2. The van der Waals surface area contributed by atoms with Gasteiger partial charge in [0.05, 0.1) is 17.1 Å². The summed E-state index contributed by atoms with van der Waals surface area (Å²) >= 11 is 1.62. The minimum absolute atomic E-state index is 0.0309. The lowest BCUT2D eigenvalue weighted by atomic mass is 10.3. The summed E-state index contributed by atoms with van der Waals surface area (Å²) in [4.78, 5) is 30.4. The SMILES string of the molecule is COCC(=O)NC(C)c1nc2ccccc2n1CC(=O)Nc1cccc(SC)c1. The van der Waals surface area contributed by atoms with Gasteiger partial charge in [-0.3, -0.25) is 9.59 Å². The molecule has 8 heteroatoms. The number of fused-ring (bicyclic) bond motifs is 1. The van der Waals surface area contributed by atoms with Gasteiger partial charge >= 0.3 is 0 Å². The smallest absolute Gasteiger partial charge is 0.246 e. The molecule has 1 unspecified atom stereocenters. The molecule has 0 aliphatic heterocycles. The van der Waals surface area contributed by atoms with Gasteiger partial charge in [-0.25, -0.2) is 4.98 Å². The maximum absolute atomic E-state index is 12.7. The lowest BCUT2D eigenvalue weighted by molar-refractivity contribution is -0.125. The summed E-state index contributed by atoms with van der Waals surface area (Å²) in [6.07, 6.45) is 1.99. The van der Waals surface area contributed by atoms with Crippen molar-refractivity contribution in [3.8, 4) is 0 Å². The molecule has 0 aliphatic rings. The normalized spacial score (nSPS) is 12.0. The number of rotatable bonds is 8. The van der Waals surface area contributed by atoms with Gasteiger partial charge in [-0.1, -0.05) is 18.2 Å². The van der Waals surface area contributed by atoms with E-state index < -0.39 is 0 Å². The molecule has 0 saturated heterocycles. The van der Waals surface area contributed by atoms with Crippen LogP contribution in [0.1, 0.15) is 18.8 Å². The predicted molar refractivity (Wildman–Crippen MR) is 115 cm³/mol. The second-order valence-corrected chi connectivity index (χ2v) is 7.43. The first-order valence-corrected chi connectivity index (χ1v) is 10.4. The highest BCUT2D eigenvalue weighted by molar-refractivity contribution is 7.98. The van der Waals surface area contributed by atoms with Crippen LogP contribution in [0, 0.1) is 0 Å². The Morgan fingerprint density at radius 2 is 1.97 bits per heavy atom. The van der Waals surface area contributed by atoms with Crippen LogP contribution in [0.2, 0.25) is 0 Å². The number of hydrogen-bond donors (Lipinski definition) is 2. The Morgan fingerprint density at radius 3 is 2.72 bits per heavy atom. The number of carbonyl (C=O) groups excluding carboxylic acids is 2. The second kappa shape index (κ2) is 9.58. The second-order valence-electron chi connectivity index (χ2n) is 6.55. The third-order valence-electron chi connectivity index (χ3n) is 4.38. The Bertz CT molecular complexity index is 1020. The lowest BCUT2D eigenvalue weighted by Gasteiger charge is -2.16. The number of thioether (sulfide) groups is 1. The van der Waals surface area contributed by atoms with Crippen LogP contribution in [0.4, 0.5) is 5.69 Å². The number of amides is 2. The number of nitrogens with one attached hydrogen (secondary N) is 2. The molecular weight excluding hydrogens is 388 g/mol. The predicted octanol–water partition coefficient (Wildman–Crippen LogP) is 3.22. The summed E-state index contributed by atoms with van der Waals surface area (Å²) in [5.41, 5.74) is 2.35. The van der Waals surface area contributed by atoms with Crippen LogP contribution in [-0.4, -0.2) is 41.3 Å². The number of carbonyl (C=O) groups is 2. The van der Waals surface area contributed by atoms with Gasteiger partial charge in [0.1, 0.15) is 19.0 Å². The van der Waals surface area contributed by atoms with Crippen LogP contribution in [-0.2, 0) is 20.9 Å². The van der Waals surface area contributed by atoms with E-state index in [1.54, 1.807) is 11.8 Å². The van der Waals surface area contributed by atoms with E-state index >= 15 is 0 Å². The van der Waals surface area contributed by atoms with Crippen molar-refractivity contribution in [2.24, 2.45) is 0 Å². The van der Waals surface area contributed by atoms with E-state index in [9.17, 15) is 9.59 Å². The molecule has 1 aromatic heterocycles. The first-order chi connectivity index (χ1) is 14.0. The molecule has 29 heavy (non-hydrogen) atoms. The molecule has 7 nitrogen and oxygen atoms in total. The highest BCUT2D eigenvalue weighted by Crippen LogP contribution is 2.22. The highest BCUT2D eigenvalue weighted by atomic mass is 32.2. The molecule has 0 bridgehead atoms. The number of hydrogen-bond acceptors (Lipinski definition) is 5. The first-order valence-electron chi connectivity index (χ1n) is 9.19. The molecule has 152 valence electrons. The van der Waals surface area contributed by atoms with Crippen LogP contribution < -0.4 is 10.6 Å². The summed E-state index contributed by atoms with van der Waals surface area (Å²) in [5.74, 6) is 0.212. The molecule has 0 saturated carbocycles. The van der Waals surface area contributed by atoms with Gasteiger partial charge in [0.15, 0.2) is 0 Å². The number of para-hydroxylation sites is 2. The Morgan fingerprint density at radius 1 is 1.17 bits per heavy atom. The summed E-state index contributed by atoms with van der Waals surface area (Å²) in [5, 5.41) is 5.79. The van der Waals surface area contributed by atoms with E-state index in [0.717, 1.165) is 21.6 Å². The quantitative estimate of drug-likeness (QED) is 0.555. The minimum atomic E-state index is -0.377. The largest absolute Gasteiger partial charge is 0.375 e. The third kappa shape index (κ3) is 5.16. The number of aromatic nitrogens is 2. The zero-order valence-electron chi connectivity index (χ0n) is 16.6. The number of ether oxygens (including phenoxy) is 1. The van der Waals surface area contributed by atoms with Crippen LogP contribution >= 0.6 is 11.8 Å². The maximum atomic E-state index is 12.7. The van der Waals surface area contributed by atoms with Crippen molar-refractivity contribution in [1.82, 2.24) is 14.9 Å². The Kier molecular flexibility index (Phi) is 6.90. The number of methoxy groups -OCH3 is 1. The fourth-order valence-electron chi connectivity index (χ4n) is 3.11. The molecule has 1 heterocycles. The fraction of sp³-hybridized carbons (Fsp3) is 0.286. The van der Waals surface area contributed by atoms with Crippen LogP contribution in [0.5, 0.6) is 0 Å². The minimum Gasteiger partial charge on any atom is -0.375 e. The summed E-state index contributed by atoms with van der Waals surface area (Å²) in [6, 6.07) is 14.9. The zero-order valence-corrected chi connectivity index (χ0v) is 17.5. The van der Waals surface area contributed by atoms with Gasteiger partial charge in [-0.2, -0.15) is 0 Å². The highest BCUT2D eigenvalue weighted by Gasteiger charge is 2.20. The average Bonchev–Trinajstić information content (AvgIpc) is 3.07. The number of anilines is 1. The molecule has 3 aromatic rings. The fourth-order valence-corrected chi connectivity index (χ4v) is 3.57.